The Morgan fingerprint density at radius 1 is 1.03 bits per heavy atom. The van der Waals surface area contributed by atoms with Gasteiger partial charge in [-0.1, -0.05) is 38.1 Å². The van der Waals surface area contributed by atoms with Crippen LogP contribution >= 0.6 is 0 Å². The predicted molar refractivity (Wildman–Crippen MR) is 135 cm³/mol. The molecule has 0 saturated heterocycles. The number of carbonyl (C=O) groups is 1. The molecule has 7 nitrogen and oxygen atoms in total. The van der Waals surface area contributed by atoms with Crippen molar-refractivity contribution in [3.63, 3.8) is 0 Å². The zero-order valence-corrected chi connectivity index (χ0v) is 21.1. The average molecular weight is 519 g/mol. The number of aromatic nitrogens is 5. The summed E-state index contributed by atoms with van der Waals surface area (Å²) in [7, 11) is 1.54. The van der Waals surface area contributed by atoms with Gasteiger partial charge >= 0.3 is 6.18 Å². The number of alkyl halides is 3. The molecule has 194 valence electrons. The summed E-state index contributed by atoms with van der Waals surface area (Å²) in [5.74, 6) is 1.51. The van der Waals surface area contributed by atoms with Crippen molar-refractivity contribution >= 4 is 11.7 Å². The third kappa shape index (κ3) is 3.86. The first-order chi connectivity index (χ1) is 18.1. The maximum absolute atomic E-state index is 13.3. The maximum Gasteiger partial charge on any atom is 0.434 e. The number of pyridine rings is 1. The molecule has 1 amide bonds. The summed E-state index contributed by atoms with van der Waals surface area (Å²) in [5.41, 5.74) is 2.53. The molecule has 0 spiro atoms. The van der Waals surface area contributed by atoms with Crippen LogP contribution in [0.5, 0.6) is 0 Å². The fourth-order valence-electron chi connectivity index (χ4n) is 5.27. The lowest BCUT2D eigenvalue weighted by atomic mass is 10.0. The number of benzene rings is 1. The molecule has 6 rings (SSSR count). The number of amides is 1. The Balaban J connectivity index is 1.35. The molecule has 0 N–H and O–H groups in total. The van der Waals surface area contributed by atoms with Crippen LogP contribution in [0.2, 0.25) is 0 Å². The second kappa shape index (κ2) is 8.47. The van der Waals surface area contributed by atoms with Crippen LogP contribution in [-0.4, -0.2) is 30.4 Å². The topological polar surface area (TPSA) is 76.8 Å². The molecular formula is C28H25F3N6O. The van der Waals surface area contributed by atoms with Crippen LogP contribution in [0.4, 0.5) is 19.0 Å². The van der Waals surface area contributed by atoms with Crippen LogP contribution in [0.3, 0.4) is 0 Å². The third-order valence-corrected chi connectivity index (χ3v) is 7.27. The summed E-state index contributed by atoms with van der Waals surface area (Å²) >= 11 is 0. The van der Waals surface area contributed by atoms with Gasteiger partial charge in [0.1, 0.15) is 11.6 Å². The number of aryl methyl sites for hydroxylation is 1. The summed E-state index contributed by atoms with van der Waals surface area (Å²) < 4.78 is 40.8. The van der Waals surface area contributed by atoms with Crippen LogP contribution in [0.1, 0.15) is 55.1 Å². The van der Waals surface area contributed by atoms with E-state index in [9.17, 15) is 18.0 Å². The Morgan fingerprint density at radius 3 is 2.39 bits per heavy atom. The van der Waals surface area contributed by atoms with E-state index in [0.717, 1.165) is 41.4 Å². The van der Waals surface area contributed by atoms with Crippen LogP contribution in [0.15, 0.2) is 55.0 Å². The highest BCUT2D eigenvalue weighted by molar-refractivity contribution is 6.02. The first-order valence-electron chi connectivity index (χ1n) is 12.4. The molecule has 1 fully saturated rings. The molecule has 1 saturated carbocycles. The van der Waals surface area contributed by atoms with Crippen LogP contribution < -0.4 is 4.90 Å². The molecule has 3 aromatic heterocycles. The number of carbonyl (C=O) groups excluding carboxylic acids is 1. The lowest BCUT2D eigenvalue weighted by Gasteiger charge is -2.28. The van der Waals surface area contributed by atoms with Gasteiger partial charge in [0.25, 0.3) is 0 Å². The molecule has 1 aliphatic carbocycles. The minimum absolute atomic E-state index is 0.0396. The maximum atomic E-state index is 13.3. The smallest absolute Gasteiger partial charge is 0.333 e. The number of anilines is 1. The molecule has 4 heterocycles. The van der Waals surface area contributed by atoms with E-state index >= 15 is 0 Å². The number of nitrogens with zero attached hydrogens (tertiary/aromatic N) is 6. The molecule has 0 unspecified atom stereocenters. The van der Waals surface area contributed by atoms with E-state index in [-0.39, 0.29) is 24.1 Å². The lowest BCUT2D eigenvalue weighted by Crippen LogP contribution is -2.38. The second-order valence-electron chi connectivity index (χ2n) is 10.2. The summed E-state index contributed by atoms with van der Waals surface area (Å²) in [6.07, 6.45) is 1.71. The summed E-state index contributed by atoms with van der Waals surface area (Å²) in [6, 6.07) is 11.1. The predicted octanol–water partition coefficient (Wildman–Crippen LogP) is 5.66. The molecule has 38 heavy (non-hydrogen) atoms. The van der Waals surface area contributed by atoms with E-state index in [0.29, 0.717) is 17.2 Å². The van der Waals surface area contributed by atoms with E-state index in [2.05, 4.69) is 28.8 Å². The van der Waals surface area contributed by atoms with Crippen molar-refractivity contribution in [3.05, 3.63) is 77.5 Å². The third-order valence-electron chi connectivity index (χ3n) is 7.27. The van der Waals surface area contributed by atoms with Gasteiger partial charge in [-0.25, -0.2) is 15.0 Å². The van der Waals surface area contributed by atoms with Crippen molar-refractivity contribution in [2.24, 2.45) is 7.05 Å². The van der Waals surface area contributed by atoms with E-state index in [1.54, 1.807) is 29.4 Å². The molecule has 10 heteroatoms. The number of hydrogen-bond donors (Lipinski definition) is 0. The van der Waals surface area contributed by atoms with Crippen LogP contribution in [0.25, 0.3) is 22.8 Å². The van der Waals surface area contributed by atoms with Gasteiger partial charge < -0.3 is 4.57 Å². The monoisotopic (exact) mass is 518 g/mol. The van der Waals surface area contributed by atoms with Crippen molar-refractivity contribution in [3.8, 4) is 22.8 Å². The van der Waals surface area contributed by atoms with Gasteiger partial charge in [-0.3, -0.25) is 14.7 Å². The Bertz CT molecular complexity index is 1550. The molecule has 4 aromatic rings. The highest BCUT2D eigenvalue weighted by atomic mass is 19.4. The number of imidazole rings is 1. The summed E-state index contributed by atoms with van der Waals surface area (Å²) in [6.45, 7) is 4.12. The van der Waals surface area contributed by atoms with Crippen molar-refractivity contribution in [2.75, 3.05) is 4.90 Å². The Kier molecular flexibility index (Phi) is 5.41. The SMILES string of the molecule is CC(C)c1ncccc1-c1ncc2c(n1)N(C1(c3ccc(-c4nc(C(F)(F)F)cn4C)cc3)CC1)C(=O)C2. The Morgan fingerprint density at radius 2 is 1.76 bits per heavy atom. The zero-order valence-electron chi connectivity index (χ0n) is 21.1. The van der Waals surface area contributed by atoms with Crippen molar-refractivity contribution in [1.29, 1.82) is 0 Å². The molecule has 2 aliphatic rings. The zero-order chi connectivity index (χ0) is 26.8. The van der Waals surface area contributed by atoms with Gasteiger partial charge in [0, 0.05) is 42.3 Å². The fourth-order valence-corrected chi connectivity index (χ4v) is 5.27. The van der Waals surface area contributed by atoms with Gasteiger partial charge in [-0.2, -0.15) is 13.2 Å². The van der Waals surface area contributed by atoms with Crippen molar-refractivity contribution in [1.82, 2.24) is 24.5 Å². The number of fused-ring (bicyclic) bond motifs is 1. The van der Waals surface area contributed by atoms with Crippen LogP contribution in [-0.2, 0) is 30.0 Å². The van der Waals surface area contributed by atoms with Gasteiger partial charge in [0.05, 0.1) is 17.7 Å². The molecule has 0 radical (unpaired) electrons. The highest BCUT2D eigenvalue weighted by Crippen LogP contribution is 2.55. The van der Waals surface area contributed by atoms with Crippen LogP contribution in [0, 0.1) is 0 Å². The number of halogens is 3. The number of hydrogen-bond acceptors (Lipinski definition) is 5. The molecular weight excluding hydrogens is 493 g/mol. The number of rotatable bonds is 5. The largest absolute Gasteiger partial charge is 0.434 e. The van der Waals surface area contributed by atoms with Gasteiger partial charge in [0.15, 0.2) is 11.5 Å². The normalized spacial score (nSPS) is 16.3. The average Bonchev–Trinajstić information content (AvgIpc) is 3.46. The minimum atomic E-state index is -4.51. The van der Waals surface area contributed by atoms with E-state index in [1.165, 1.54) is 11.6 Å². The molecule has 0 bridgehead atoms. The first-order valence-corrected chi connectivity index (χ1v) is 12.4. The second-order valence-corrected chi connectivity index (χ2v) is 10.2. The quantitative estimate of drug-likeness (QED) is 0.341. The molecule has 0 atom stereocenters. The van der Waals surface area contributed by atoms with Crippen molar-refractivity contribution in [2.45, 2.75) is 50.7 Å². The Labute approximate surface area is 217 Å². The summed E-state index contributed by atoms with van der Waals surface area (Å²) in [4.78, 5) is 32.8. The van der Waals surface area contributed by atoms with E-state index in [4.69, 9.17) is 4.98 Å². The first kappa shape index (κ1) is 24.3. The highest BCUT2D eigenvalue weighted by Gasteiger charge is 2.55. The van der Waals surface area contributed by atoms with Crippen molar-refractivity contribution < 1.29 is 18.0 Å². The van der Waals surface area contributed by atoms with E-state index in [1.807, 2.05) is 24.3 Å². The standard InChI is InChI=1S/C28H25F3N6O/c1-16(2)23-20(5-4-12-32-23)24-33-14-18-13-22(38)37(26(18)35-24)27(10-11-27)19-8-6-17(7-9-19)25-34-21(15-36(25)3)28(29,30)31/h4-9,12,14-16H,10-11,13H2,1-3H3. The minimum Gasteiger partial charge on any atom is -0.333 e. The molecule has 1 aromatic carbocycles. The van der Waals surface area contributed by atoms with Gasteiger partial charge in [-0.05, 0) is 36.5 Å². The Hall–Kier alpha value is -4.08. The lowest BCUT2D eigenvalue weighted by molar-refractivity contribution is -0.140. The summed E-state index contributed by atoms with van der Waals surface area (Å²) in [5, 5.41) is 0. The molecule has 1 aliphatic heterocycles. The fraction of sp³-hybridized carbons (Fsp3) is 0.321. The van der Waals surface area contributed by atoms with Gasteiger partial charge in [0.2, 0.25) is 5.91 Å². The van der Waals surface area contributed by atoms with E-state index < -0.39 is 17.4 Å². The van der Waals surface area contributed by atoms with Gasteiger partial charge in [-0.15, -0.1) is 0 Å².